The van der Waals surface area contributed by atoms with Crippen molar-refractivity contribution in [1.29, 1.82) is 0 Å². The predicted octanol–water partition coefficient (Wildman–Crippen LogP) is 5.20. The maximum Gasteiger partial charge on any atom is 0.274 e. The van der Waals surface area contributed by atoms with Crippen molar-refractivity contribution in [2.24, 2.45) is 7.05 Å². The second-order valence-electron chi connectivity index (χ2n) is 10.3. The zero-order chi connectivity index (χ0) is 31.1. The largest absolute Gasteiger partial charge is 0.454 e. The minimum absolute atomic E-state index is 0.0439. The van der Waals surface area contributed by atoms with Crippen molar-refractivity contribution >= 4 is 28.4 Å². The number of ether oxygens (including phenoxy) is 1. The summed E-state index contributed by atoms with van der Waals surface area (Å²) in [5, 5.41) is 22.5. The number of hydroxylamine groups is 1. The molecule has 2 amide bonds. The summed E-state index contributed by atoms with van der Waals surface area (Å²) in [6, 6.07) is 14.9. The average molecular weight is 589 g/mol. The van der Waals surface area contributed by atoms with Crippen LogP contribution in [-0.4, -0.2) is 31.7 Å². The molecule has 12 heteroatoms. The van der Waals surface area contributed by atoms with Gasteiger partial charge in [0.25, 0.3) is 17.4 Å². The fraction of sp³-hybridized carbons (Fsp3) is 0.129. The Bertz CT molecular complexity index is 1940. The van der Waals surface area contributed by atoms with Crippen LogP contribution in [0.5, 0.6) is 11.5 Å². The van der Waals surface area contributed by atoms with Crippen LogP contribution in [0.15, 0.2) is 77.7 Å². The normalized spacial score (nSPS) is 11.4. The first kappa shape index (κ1) is 29.2. The number of hydrogen-bond acceptors (Lipinski definition) is 6. The molecule has 5 rings (SSSR count). The molecule has 5 N–H and O–H groups in total. The molecular weight excluding hydrogens is 562 g/mol. The monoisotopic (exact) mass is 588 g/mol. The molecule has 5 aromatic rings. The summed E-state index contributed by atoms with van der Waals surface area (Å²) in [5.74, 6) is -3.08. The van der Waals surface area contributed by atoms with Gasteiger partial charge in [-0.15, -0.1) is 0 Å². The lowest BCUT2D eigenvalue weighted by Gasteiger charge is -2.21. The van der Waals surface area contributed by atoms with Gasteiger partial charge in [0.1, 0.15) is 22.8 Å². The van der Waals surface area contributed by atoms with Crippen LogP contribution in [0.25, 0.3) is 22.0 Å². The number of aliphatic hydroxyl groups is 1. The molecule has 0 unspecified atom stereocenters. The van der Waals surface area contributed by atoms with E-state index in [4.69, 9.17) is 9.94 Å². The predicted molar refractivity (Wildman–Crippen MR) is 154 cm³/mol. The first-order valence-electron chi connectivity index (χ1n) is 12.9. The summed E-state index contributed by atoms with van der Waals surface area (Å²) in [5.41, 5.74) is 1.78. The second kappa shape index (κ2) is 11.2. The highest BCUT2D eigenvalue weighted by Gasteiger charge is 2.23. The third-order valence-electron chi connectivity index (χ3n) is 6.81. The van der Waals surface area contributed by atoms with E-state index in [0.717, 1.165) is 12.1 Å². The molecule has 0 saturated carbocycles. The van der Waals surface area contributed by atoms with E-state index in [1.807, 2.05) is 0 Å². The molecule has 2 heterocycles. The van der Waals surface area contributed by atoms with Crippen LogP contribution in [0.3, 0.4) is 0 Å². The van der Waals surface area contributed by atoms with Crippen LogP contribution in [-0.2, 0) is 12.6 Å². The van der Waals surface area contributed by atoms with Crippen molar-refractivity contribution in [3.63, 3.8) is 0 Å². The van der Waals surface area contributed by atoms with E-state index in [-0.39, 0.29) is 28.3 Å². The van der Waals surface area contributed by atoms with Crippen molar-refractivity contribution < 1.29 is 33.4 Å². The van der Waals surface area contributed by atoms with Crippen molar-refractivity contribution in [2.45, 2.75) is 19.4 Å². The van der Waals surface area contributed by atoms with E-state index in [9.17, 15) is 28.3 Å². The number of H-pyrrole nitrogens is 1. The van der Waals surface area contributed by atoms with Gasteiger partial charge in [0.15, 0.2) is 11.6 Å². The van der Waals surface area contributed by atoms with Crippen LogP contribution < -0.4 is 21.1 Å². The van der Waals surface area contributed by atoms with Crippen LogP contribution in [0.4, 0.5) is 14.5 Å². The first-order chi connectivity index (χ1) is 20.3. The number of nitrogens with one attached hydrogen (secondary N) is 3. The van der Waals surface area contributed by atoms with E-state index in [1.54, 1.807) is 26.0 Å². The molecule has 0 saturated heterocycles. The Hall–Kier alpha value is -5.33. The van der Waals surface area contributed by atoms with Crippen molar-refractivity contribution in [2.75, 3.05) is 5.32 Å². The number of hydrogen-bond donors (Lipinski definition) is 5. The molecule has 43 heavy (non-hydrogen) atoms. The first-order valence-corrected chi connectivity index (χ1v) is 12.9. The van der Waals surface area contributed by atoms with Crippen LogP contribution in [0, 0.1) is 11.6 Å². The van der Waals surface area contributed by atoms with E-state index >= 15 is 0 Å². The van der Waals surface area contributed by atoms with Gasteiger partial charge < -0.3 is 24.7 Å². The lowest BCUT2D eigenvalue weighted by atomic mass is 9.93. The Labute approximate surface area is 243 Å². The highest BCUT2D eigenvalue weighted by molar-refractivity contribution is 6.08. The highest BCUT2D eigenvalue weighted by atomic mass is 19.1. The number of aryl methyl sites for hydroxylation is 1. The van der Waals surface area contributed by atoms with Gasteiger partial charge in [-0.25, -0.2) is 14.3 Å². The Morgan fingerprint density at radius 1 is 0.930 bits per heavy atom. The number of fused-ring (bicyclic) bond motifs is 1. The number of pyridine rings is 1. The molecule has 0 radical (unpaired) electrons. The molecule has 3 aromatic carbocycles. The minimum atomic E-state index is -1.27. The third kappa shape index (κ3) is 5.87. The van der Waals surface area contributed by atoms with Gasteiger partial charge in [0.05, 0.1) is 5.60 Å². The molecule has 0 bridgehead atoms. The molecular formula is C31H26F2N4O6. The van der Waals surface area contributed by atoms with E-state index < -0.39 is 34.6 Å². The van der Waals surface area contributed by atoms with E-state index in [0.29, 0.717) is 33.8 Å². The smallest absolute Gasteiger partial charge is 0.274 e. The van der Waals surface area contributed by atoms with Gasteiger partial charge in [-0.3, -0.25) is 19.6 Å². The lowest BCUT2D eigenvalue weighted by Crippen LogP contribution is -2.18. The second-order valence-corrected chi connectivity index (χ2v) is 10.3. The number of halogens is 2. The summed E-state index contributed by atoms with van der Waals surface area (Å²) >= 11 is 0. The maximum absolute atomic E-state index is 14.5. The molecule has 2 aromatic heterocycles. The number of rotatable bonds is 7. The number of carbonyl (C=O) groups is 2. The lowest BCUT2D eigenvalue weighted by molar-refractivity contribution is 0.0706. The summed E-state index contributed by atoms with van der Waals surface area (Å²) < 4.78 is 35.2. The van der Waals surface area contributed by atoms with Crippen LogP contribution in [0.1, 0.15) is 40.3 Å². The quantitative estimate of drug-likeness (QED) is 0.131. The fourth-order valence-corrected chi connectivity index (χ4v) is 4.53. The Morgan fingerprint density at radius 3 is 2.28 bits per heavy atom. The van der Waals surface area contributed by atoms with Crippen molar-refractivity contribution in [3.05, 3.63) is 112 Å². The van der Waals surface area contributed by atoms with Crippen LogP contribution in [0.2, 0.25) is 0 Å². The molecule has 0 fully saturated rings. The molecule has 0 atom stereocenters. The number of anilines is 1. The number of carbonyl (C=O) groups excluding carboxylic acids is 2. The van der Waals surface area contributed by atoms with Crippen molar-refractivity contribution in [1.82, 2.24) is 15.0 Å². The van der Waals surface area contributed by atoms with E-state index in [1.165, 1.54) is 59.7 Å². The topological polar surface area (TPSA) is 146 Å². The number of aromatic nitrogens is 2. The zero-order valence-electron chi connectivity index (χ0n) is 23.2. The minimum Gasteiger partial charge on any atom is -0.454 e. The Balaban J connectivity index is 1.61. The van der Waals surface area contributed by atoms with Gasteiger partial charge in [-0.2, -0.15) is 0 Å². The average Bonchev–Trinajstić information content (AvgIpc) is 3.42. The number of benzene rings is 3. The number of amides is 2. The van der Waals surface area contributed by atoms with E-state index in [2.05, 4.69) is 10.3 Å². The maximum atomic E-state index is 14.5. The molecule has 0 aliphatic heterocycles. The summed E-state index contributed by atoms with van der Waals surface area (Å²) in [6.07, 6.45) is 1.53. The fourth-order valence-electron chi connectivity index (χ4n) is 4.53. The van der Waals surface area contributed by atoms with Crippen molar-refractivity contribution in [3.8, 4) is 22.6 Å². The zero-order valence-corrected chi connectivity index (χ0v) is 23.2. The SMILES string of the molecule is Cn1cc(-c2cc(C(C)(C)O)ccc2Oc2ccc(F)cc2F)c2cc(C(=O)Nc3ccc(C(=O)NO)cc3)[nH]c2c1=O. The molecule has 0 aliphatic rings. The highest BCUT2D eigenvalue weighted by Crippen LogP contribution is 2.40. The van der Waals surface area contributed by atoms with Gasteiger partial charge in [0, 0.05) is 47.1 Å². The third-order valence-corrected chi connectivity index (χ3v) is 6.81. The molecule has 220 valence electrons. The molecule has 10 nitrogen and oxygen atoms in total. The van der Waals surface area contributed by atoms with Gasteiger partial charge in [-0.05, 0) is 74.0 Å². The van der Waals surface area contributed by atoms with Gasteiger partial charge >= 0.3 is 0 Å². The standard InChI is InChI=1S/C31H26F2N4O6/c1-31(2,41)17-6-10-25(43-26-11-7-18(32)13-23(26)33)20(12-17)22-15-37(3)30(40)27-21(22)14-24(35-27)29(39)34-19-8-4-16(5-9-19)28(38)36-42/h4-15,35,41-42H,1-3H3,(H,34,39)(H,36,38). The number of aromatic amines is 1. The summed E-state index contributed by atoms with van der Waals surface area (Å²) in [7, 11) is 1.52. The Kier molecular flexibility index (Phi) is 7.57. The molecule has 0 aliphatic carbocycles. The Morgan fingerprint density at radius 2 is 1.63 bits per heavy atom. The molecule has 0 spiro atoms. The number of nitrogens with zero attached hydrogens (tertiary/aromatic N) is 1. The van der Waals surface area contributed by atoms with Gasteiger partial charge in [-0.1, -0.05) is 6.07 Å². The summed E-state index contributed by atoms with van der Waals surface area (Å²) in [6.45, 7) is 3.17. The van der Waals surface area contributed by atoms with Gasteiger partial charge in [0.2, 0.25) is 0 Å². The van der Waals surface area contributed by atoms with Crippen LogP contribution >= 0.6 is 0 Å². The summed E-state index contributed by atoms with van der Waals surface area (Å²) in [4.78, 5) is 40.7.